The number of hydrogen-bond acceptors (Lipinski definition) is 3. The van der Waals surface area contributed by atoms with E-state index in [0.29, 0.717) is 17.0 Å². The maximum Gasteiger partial charge on any atom is 0.309 e. The van der Waals surface area contributed by atoms with Gasteiger partial charge in [-0.1, -0.05) is 30.3 Å². The lowest BCUT2D eigenvalue weighted by Crippen LogP contribution is -2.07. The maximum atomic E-state index is 10.9. The third-order valence-corrected chi connectivity index (χ3v) is 3.16. The molecule has 0 aliphatic carbocycles. The predicted molar refractivity (Wildman–Crippen MR) is 74.5 cm³/mol. The van der Waals surface area contributed by atoms with Crippen LogP contribution in [0.1, 0.15) is 11.4 Å². The monoisotopic (exact) mass is 267 g/mol. The lowest BCUT2D eigenvalue weighted by atomic mass is 10.1. The third-order valence-electron chi connectivity index (χ3n) is 3.16. The fourth-order valence-electron chi connectivity index (χ4n) is 2.20. The van der Waals surface area contributed by atoms with Gasteiger partial charge in [0.2, 0.25) is 0 Å². The van der Waals surface area contributed by atoms with E-state index in [1.165, 1.54) is 0 Å². The summed E-state index contributed by atoms with van der Waals surface area (Å²) >= 11 is 0. The van der Waals surface area contributed by atoms with Crippen LogP contribution in [0.4, 0.5) is 0 Å². The average Bonchev–Trinajstić information content (AvgIpc) is 2.75. The molecule has 1 aromatic carbocycles. The molecule has 5 nitrogen and oxygen atoms in total. The number of hydrogen-bond donors (Lipinski definition) is 1. The second-order valence-electron chi connectivity index (χ2n) is 4.57. The highest BCUT2D eigenvalue weighted by Gasteiger charge is 2.13. The number of imidazole rings is 1. The molecule has 0 bridgehead atoms. The number of benzene rings is 1. The molecule has 0 aliphatic rings. The van der Waals surface area contributed by atoms with Crippen molar-refractivity contribution < 1.29 is 9.90 Å². The Labute approximate surface area is 115 Å². The molecule has 2 heterocycles. The van der Waals surface area contributed by atoms with Crippen LogP contribution < -0.4 is 0 Å². The van der Waals surface area contributed by atoms with Crippen LogP contribution in [0.3, 0.4) is 0 Å². The highest BCUT2D eigenvalue weighted by Crippen LogP contribution is 2.19. The summed E-state index contributed by atoms with van der Waals surface area (Å²) < 4.78 is 1.62. The molecule has 0 saturated heterocycles. The molecule has 0 radical (unpaired) electrons. The smallest absolute Gasteiger partial charge is 0.309 e. The number of aromatic nitrogens is 3. The minimum atomic E-state index is -0.887. The van der Waals surface area contributed by atoms with Gasteiger partial charge >= 0.3 is 5.97 Å². The molecule has 0 spiro atoms. The Hall–Kier alpha value is -2.69. The number of carboxylic acids is 1. The minimum absolute atomic E-state index is 0.0851. The Bertz CT molecular complexity index is 778. The normalized spacial score (nSPS) is 10.8. The second kappa shape index (κ2) is 4.77. The standard InChI is InChI=1S/C15H13N3O2/c1-10-13(9-15(19)20)18-14(16-10)8-7-12(17-18)11-5-3-2-4-6-11/h2-8H,9H2,1H3,(H,19,20). The van der Waals surface area contributed by atoms with Crippen molar-refractivity contribution in [3.05, 3.63) is 53.9 Å². The Morgan fingerprint density at radius 2 is 1.95 bits per heavy atom. The predicted octanol–water partition coefficient (Wildman–Crippen LogP) is 2.33. The molecule has 0 fully saturated rings. The van der Waals surface area contributed by atoms with E-state index in [-0.39, 0.29) is 6.42 Å². The van der Waals surface area contributed by atoms with Gasteiger partial charge in [-0.3, -0.25) is 4.79 Å². The van der Waals surface area contributed by atoms with Crippen molar-refractivity contribution in [2.45, 2.75) is 13.3 Å². The van der Waals surface area contributed by atoms with Crippen molar-refractivity contribution in [1.82, 2.24) is 14.6 Å². The van der Waals surface area contributed by atoms with Crippen LogP contribution in [0.15, 0.2) is 42.5 Å². The van der Waals surface area contributed by atoms with E-state index in [2.05, 4.69) is 10.1 Å². The van der Waals surface area contributed by atoms with Crippen LogP contribution in [-0.2, 0) is 11.2 Å². The molecule has 100 valence electrons. The summed E-state index contributed by atoms with van der Waals surface area (Å²) in [6.07, 6.45) is -0.0851. The van der Waals surface area contributed by atoms with Crippen molar-refractivity contribution in [2.75, 3.05) is 0 Å². The molecule has 0 amide bonds. The van der Waals surface area contributed by atoms with Crippen LogP contribution in [0, 0.1) is 6.92 Å². The molecular weight excluding hydrogens is 254 g/mol. The molecule has 2 aromatic heterocycles. The van der Waals surface area contributed by atoms with Gasteiger partial charge in [-0.25, -0.2) is 9.50 Å². The van der Waals surface area contributed by atoms with Gasteiger partial charge in [0.25, 0.3) is 0 Å². The van der Waals surface area contributed by atoms with E-state index < -0.39 is 5.97 Å². The number of rotatable bonds is 3. The van der Waals surface area contributed by atoms with Gasteiger partial charge in [-0.2, -0.15) is 5.10 Å². The Morgan fingerprint density at radius 3 is 2.65 bits per heavy atom. The summed E-state index contributed by atoms with van der Waals surface area (Å²) in [4.78, 5) is 15.3. The minimum Gasteiger partial charge on any atom is -0.481 e. The first-order valence-electron chi connectivity index (χ1n) is 6.27. The molecule has 1 N–H and O–H groups in total. The molecule has 0 aliphatic heterocycles. The van der Waals surface area contributed by atoms with Gasteiger partial charge < -0.3 is 5.11 Å². The first-order chi connectivity index (χ1) is 9.65. The number of aryl methyl sites for hydroxylation is 1. The number of carbonyl (C=O) groups is 1. The van der Waals surface area contributed by atoms with Gasteiger partial charge in [0.15, 0.2) is 5.65 Å². The largest absolute Gasteiger partial charge is 0.481 e. The van der Waals surface area contributed by atoms with Crippen molar-refractivity contribution in [3.8, 4) is 11.3 Å². The lowest BCUT2D eigenvalue weighted by molar-refractivity contribution is -0.136. The number of nitrogens with zero attached hydrogens (tertiary/aromatic N) is 3. The van der Waals surface area contributed by atoms with E-state index in [4.69, 9.17) is 5.11 Å². The summed E-state index contributed by atoms with van der Waals surface area (Å²) in [5, 5.41) is 13.5. The lowest BCUT2D eigenvalue weighted by Gasteiger charge is -2.03. The van der Waals surface area contributed by atoms with Gasteiger partial charge in [0.1, 0.15) is 0 Å². The first-order valence-corrected chi connectivity index (χ1v) is 6.27. The zero-order valence-electron chi connectivity index (χ0n) is 10.9. The summed E-state index contributed by atoms with van der Waals surface area (Å²) in [7, 11) is 0. The van der Waals surface area contributed by atoms with E-state index in [1.807, 2.05) is 42.5 Å². The van der Waals surface area contributed by atoms with Crippen molar-refractivity contribution in [1.29, 1.82) is 0 Å². The highest BCUT2D eigenvalue weighted by atomic mass is 16.4. The van der Waals surface area contributed by atoms with Gasteiger partial charge in [-0.05, 0) is 19.1 Å². The first kappa shape index (κ1) is 12.3. The average molecular weight is 267 g/mol. The summed E-state index contributed by atoms with van der Waals surface area (Å²) in [6.45, 7) is 1.80. The fraction of sp³-hybridized carbons (Fsp3) is 0.133. The van der Waals surface area contributed by atoms with Crippen molar-refractivity contribution in [2.24, 2.45) is 0 Å². The second-order valence-corrected chi connectivity index (χ2v) is 4.57. The summed E-state index contributed by atoms with van der Waals surface area (Å²) in [5.41, 5.74) is 3.76. The fourth-order valence-corrected chi connectivity index (χ4v) is 2.20. The Morgan fingerprint density at radius 1 is 1.20 bits per heavy atom. The van der Waals surface area contributed by atoms with Crippen LogP contribution in [0.2, 0.25) is 0 Å². The molecule has 20 heavy (non-hydrogen) atoms. The molecule has 3 rings (SSSR count). The van der Waals surface area contributed by atoms with Gasteiger partial charge in [0, 0.05) is 5.56 Å². The SMILES string of the molecule is Cc1nc2ccc(-c3ccccc3)nn2c1CC(=O)O. The number of fused-ring (bicyclic) bond motifs is 1. The third kappa shape index (κ3) is 2.14. The zero-order valence-corrected chi connectivity index (χ0v) is 10.9. The quantitative estimate of drug-likeness (QED) is 0.790. The molecule has 0 atom stereocenters. The molecular formula is C15H13N3O2. The van der Waals surface area contributed by atoms with Crippen LogP contribution in [0.5, 0.6) is 0 Å². The highest BCUT2D eigenvalue weighted by molar-refractivity contribution is 5.70. The molecule has 0 unspecified atom stereocenters. The molecule has 5 heteroatoms. The van der Waals surface area contributed by atoms with Gasteiger partial charge in [0.05, 0.1) is 23.5 Å². The van der Waals surface area contributed by atoms with Crippen molar-refractivity contribution in [3.63, 3.8) is 0 Å². The van der Waals surface area contributed by atoms with Gasteiger partial charge in [-0.15, -0.1) is 0 Å². The van der Waals surface area contributed by atoms with Crippen LogP contribution in [-0.4, -0.2) is 25.7 Å². The van der Waals surface area contributed by atoms with Crippen LogP contribution >= 0.6 is 0 Å². The zero-order chi connectivity index (χ0) is 14.1. The Balaban J connectivity index is 2.17. The van der Waals surface area contributed by atoms with Crippen molar-refractivity contribution >= 4 is 11.6 Å². The maximum absolute atomic E-state index is 10.9. The number of aliphatic carboxylic acids is 1. The van der Waals surface area contributed by atoms with E-state index in [1.54, 1.807) is 11.4 Å². The molecule has 0 saturated carbocycles. The topological polar surface area (TPSA) is 67.5 Å². The van der Waals surface area contributed by atoms with E-state index >= 15 is 0 Å². The number of carboxylic acid groups (broad SMARTS) is 1. The summed E-state index contributed by atoms with van der Waals surface area (Å²) in [5.74, 6) is -0.887. The van der Waals surface area contributed by atoms with Crippen LogP contribution in [0.25, 0.3) is 16.9 Å². The Kier molecular flexibility index (Phi) is 2.95. The van der Waals surface area contributed by atoms with E-state index in [9.17, 15) is 4.79 Å². The van der Waals surface area contributed by atoms with E-state index in [0.717, 1.165) is 11.3 Å². The summed E-state index contributed by atoms with van der Waals surface area (Å²) in [6, 6.07) is 13.5. The molecule has 3 aromatic rings.